The second kappa shape index (κ2) is 6.14. The van der Waals surface area contributed by atoms with Gasteiger partial charge in [0.1, 0.15) is 12.4 Å². The van der Waals surface area contributed by atoms with Gasteiger partial charge < -0.3 is 14.4 Å². The second-order valence-corrected chi connectivity index (χ2v) is 5.31. The van der Waals surface area contributed by atoms with Crippen molar-refractivity contribution in [2.24, 2.45) is 0 Å². The number of nitrogens with zero attached hydrogens (tertiary/aromatic N) is 1. The van der Waals surface area contributed by atoms with Crippen molar-refractivity contribution < 1.29 is 9.84 Å². The van der Waals surface area contributed by atoms with Gasteiger partial charge in [0.2, 0.25) is 0 Å². The fourth-order valence-corrected chi connectivity index (χ4v) is 2.82. The zero-order valence-corrected chi connectivity index (χ0v) is 11.9. The lowest BCUT2D eigenvalue weighted by Gasteiger charge is -2.23. The van der Waals surface area contributed by atoms with Crippen molar-refractivity contribution in [3.8, 4) is 5.75 Å². The number of rotatable bonds is 4. The van der Waals surface area contributed by atoms with Crippen molar-refractivity contribution in [1.82, 2.24) is 4.57 Å². The Hall–Kier alpha value is -2.07. The Labute approximate surface area is 123 Å². The van der Waals surface area contributed by atoms with Crippen LogP contribution in [0.5, 0.6) is 5.75 Å². The number of aliphatic hydroxyl groups is 1. The van der Waals surface area contributed by atoms with Gasteiger partial charge in [-0.2, -0.15) is 0 Å². The number of aromatic nitrogens is 1. The van der Waals surface area contributed by atoms with Gasteiger partial charge in [-0.05, 0) is 42.5 Å². The quantitative estimate of drug-likeness (QED) is 0.937. The maximum absolute atomic E-state index is 11.6. The maximum atomic E-state index is 11.6. The van der Waals surface area contributed by atoms with Crippen LogP contribution in [0.2, 0.25) is 0 Å². The Morgan fingerprint density at radius 2 is 2.14 bits per heavy atom. The predicted octanol–water partition coefficient (Wildman–Crippen LogP) is 2.30. The summed E-state index contributed by atoms with van der Waals surface area (Å²) >= 11 is 0. The highest BCUT2D eigenvalue weighted by molar-refractivity contribution is 5.42. The number of hydrogen-bond acceptors (Lipinski definition) is 3. The van der Waals surface area contributed by atoms with Gasteiger partial charge in [0.05, 0.1) is 12.6 Å². The van der Waals surface area contributed by atoms with E-state index in [1.54, 1.807) is 22.9 Å². The molecule has 0 radical (unpaired) electrons. The highest BCUT2D eigenvalue weighted by atomic mass is 16.5. The van der Waals surface area contributed by atoms with Crippen molar-refractivity contribution in [3.63, 3.8) is 0 Å². The van der Waals surface area contributed by atoms with Crippen LogP contribution in [0.4, 0.5) is 0 Å². The zero-order chi connectivity index (χ0) is 14.7. The largest absolute Gasteiger partial charge is 0.491 e. The van der Waals surface area contributed by atoms with Crippen molar-refractivity contribution in [2.45, 2.75) is 31.9 Å². The number of pyridine rings is 1. The summed E-state index contributed by atoms with van der Waals surface area (Å²) in [5, 5.41) is 10.0. The molecule has 1 aromatic carbocycles. The molecule has 1 aliphatic carbocycles. The number of ether oxygens (including phenoxy) is 1. The van der Waals surface area contributed by atoms with E-state index in [1.807, 2.05) is 24.3 Å². The van der Waals surface area contributed by atoms with E-state index in [4.69, 9.17) is 4.74 Å². The summed E-state index contributed by atoms with van der Waals surface area (Å²) in [5.74, 6) is 0.829. The molecule has 110 valence electrons. The molecule has 0 aliphatic heterocycles. The summed E-state index contributed by atoms with van der Waals surface area (Å²) in [7, 11) is 0. The molecule has 0 amide bonds. The van der Waals surface area contributed by atoms with Crippen molar-refractivity contribution >= 4 is 0 Å². The molecule has 1 unspecified atom stereocenters. The summed E-state index contributed by atoms with van der Waals surface area (Å²) in [5.41, 5.74) is 2.07. The molecule has 1 heterocycles. The van der Waals surface area contributed by atoms with Crippen LogP contribution in [0.15, 0.2) is 47.4 Å². The molecule has 2 aromatic rings. The van der Waals surface area contributed by atoms with Gasteiger partial charge in [0, 0.05) is 12.3 Å². The molecule has 4 nitrogen and oxygen atoms in total. The Bertz CT molecular complexity index is 678. The third-order valence-electron chi connectivity index (χ3n) is 3.92. The van der Waals surface area contributed by atoms with Gasteiger partial charge in [0.25, 0.3) is 5.56 Å². The standard InChI is InChI=1S/C17H19NO3/c19-15-7-3-6-14-13(15)5-4-8-16(14)21-12-11-18-10-2-1-9-17(18)20/h1-2,4-5,8-10,15,19H,3,6-7,11-12H2. The Balaban J connectivity index is 1.70. The van der Waals surface area contributed by atoms with Gasteiger partial charge in [-0.3, -0.25) is 4.79 Å². The number of benzene rings is 1. The average Bonchev–Trinajstić information content (AvgIpc) is 2.50. The molecule has 0 saturated heterocycles. The van der Waals surface area contributed by atoms with Gasteiger partial charge in [-0.25, -0.2) is 0 Å². The molecular formula is C17H19NO3. The molecule has 0 spiro atoms. The number of hydrogen-bond donors (Lipinski definition) is 1. The van der Waals surface area contributed by atoms with Crippen LogP contribution < -0.4 is 10.3 Å². The van der Waals surface area contributed by atoms with Gasteiger partial charge in [-0.1, -0.05) is 18.2 Å². The van der Waals surface area contributed by atoms with Crippen molar-refractivity contribution in [3.05, 3.63) is 64.1 Å². The van der Waals surface area contributed by atoms with Gasteiger partial charge in [-0.15, -0.1) is 0 Å². The zero-order valence-electron chi connectivity index (χ0n) is 11.9. The minimum absolute atomic E-state index is 0.0217. The molecule has 0 saturated carbocycles. The van der Waals surface area contributed by atoms with Crippen LogP contribution in [-0.2, 0) is 13.0 Å². The molecule has 1 atom stereocenters. The summed E-state index contributed by atoms with van der Waals surface area (Å²) in [4.78, 5) is 11.6. The first-order valence-corrected chi connectivity index (χ1v) is 7.34. The molecular weight excluding hydrogens is 266 g/mol. The third-order valence-corrected chi connectivity index (χ3v) is 3.92. The highest BCUT2D eigenvalue weighted by Gasteiger charge is 2.20. The topological polar surface area (TPSA) is 51.5 Å². The minimum Gasteiger partial charge on any atom is -0.491 e. The molecule has 4 heteroatoms. The lowest BCUT2D eigenvalue weighted by atomic mass is 9.89. The first-order chi connectivity index (χ1) is 10.3. The Morgan fingerprint density at radius 1 is 1.24 bits per heavy atom. The lowest BCUT2D eigenvalue weighted by Crippen LogP contribution is -2.21. The monoisotopic (exact) mass is 285 g/mol. The van der Waals surface area contributed by atoms with E-state index in [0.717, 1.165) is 36.1 Å². The van der Waals surface area contributed by atoms with Crippen molar-refractivity contribution in [1.29, 1.82) is 0 Å². The molecule has 1 aromatic heterocycles. The van der Waals surface area contributed by atoms with Crippen LogP contribution in [0.25, 0.3) is 0 Å². The van der Waals surface area contributed by atoms with Gasteiger partial charge in [0.15, 0.2) is 0 Å². The fourth-order valence-electron chi connectivity index (χ4n) is 2.82. The molecule has 1 N–H and O–H groups in total. The fraction of sp³-hybridized carbons (Fsp3) is 0.353. The van der Waals surface area contributed by atoms with Crippen molar-refractivity contribution in [2.75, 3.05) is 6.61 Å². The minimum atomic E-state index is -0.381. The third kappa shape index (κ3) is 3.00. The van der Waals surface area contributed by atoms with E-state index in [1.165, 1.54) is 0 Å². The summed E-state index contributed by atoms with van der Waals surface area (Å²) in [6, 6.07) is 10.9. The van der Waals surface area contributed by atoms with E-state index in [0.29, 0.717) is 13.2 Å². The number of aliphatic hydroxyl groups excluding tert-OH is 1. The lowest BCUT2D eigenvalue weighted by molar-refractivity contribution is 0.155. The Kier molecular flexibility index (Phi) is 4.06. The molecule has 21 heavy (non-hydrogen) atoms. The summed E-state index contributed by atoms with van der Waals surface area (Å²) in [6.07, 6.45) is 4.11. The van der Waals surface area contributed by atoms with Gasteiger partial charge >= 0.3 is 0 Å². The van der Waals surface area contributed by atoms with Crippen LogP contribution in [0, 0.1) is 0 Å². The van der Waals surface area contributed by atoms with E-state index in [2.05, 4.69) is 0 Å². The van der Waals surface area contributed by atoms with Crippen LogP contribution >= 0.6 is 0 Å². The molecule has 3 rings (SSSR count). The first kappa shape index (κ1) is 13.9. The molecule has 0 fully saturated rings. The average molecular weight is 285 g/mol. The number of fused-ring (bicyclic) bond motifs is 1. The van der Waals surface area contributed by atoms with Crippen LogP contribution in [0.1, 0.15) is 30.1 Å². The molecule has 0 bridgehead atoms. The highest BCUT2D eigenvalue weighted by Crippen LogP contribution is 2.35. The maximum Gasteiger partial charge on any atom is 0.250 e. The van der Waals surface area contributed by atoms with E-state index in [9.17, 15) is 9.90 Å². The van der Waals surface area contributed by atoms with E-state index >= 15 is 0 Å². The summed E-state index contributed by atoms with van der Waals surface area (Å²) < 4.78 is 7.47. The van der Waals surface area contributed by atoms with E-state index < -0.39 is 0 Å². The summed E-state index contributed by atoms with van der Waals surface area (Å²) in [6.45, 7) is 0.961. The smallest absolute Gasteiger partial charge is 0.250 e. The normalized spacial score (nSPS) is 17.3. The Morgan fingerprint density at radius 3 is 3.00 bits per heavy atom. The van der Waals surface area contributed by atoms with Crippen LogP contribution in [-0.4, -0.2) is 16.3 Å². The molecule has 1 aliphatic rings. The van der Waals surface area contributed by atoms with Crippen LogP contribution in [0.3, 0.4) is 0 Å². The SMILES string of the molecule is O=c1ccccn1CCOc1cccc2c1CCCC2O. The van der Waals surface area contributed by atoms with E-state index in [-0.39, 0.29) is 11.7 Å². The second-order valence-electron chi connectivity index (χ2n) is 5.31. The first-order valence-electron chi connectivity index (χ1n) is 7.34. The predicted molar refractivity (Wildman–Crippen MR) is 80.5 cm³/mol.